The van der Waals surface area contributed by atoms with Gasteiger partial charge in [0.05, 0.1) is 5.69 Å². The van der Waals surface area contributed by atoms with Crippen LogP contribution in [0.15, 0.2) is 176 Å². The van der Waals surface area contributed by atoms with Gasteiger partial charge in [-0.05, 0) is 108 Å². The van der Waals surface area contributed by atoms with E-state index in [1.54, 1.807) is 0 Å². The smallest absolute Gasteiger partial charge is 0.0546 e. The van der Waals surface area contributed by atoms with Crippen molar-refractivity contribution in [3.8, 4) is 44.5 Å². The summed E-state index contributed by atoms with van der Waals surface area (Å²) in [6, 6.07) is 65.4. The molecule has 0 heterocycles. The molecular weight excluding hydrogens is 639 g/mol. The minimum absolute atomic E-state index is 0.0595. The van der Waals surface area contributed by atoms with Crippen LogP contribution in [0.1, 0.15) is 49.9 Å². The predicted molar refractivity (Wildman–Crippen MR) is 225 cm³/mol. The zero-order valence-corrected chi connectivity index (χ0v) is 30.7. The highest BCUT2D eigenvalue weighted by atomic mass is 15.1. The second-order valence-electron chi connectivity index (χ2n) is 15.8. The first-order chi connectivity index (χ1) is 25.8. The topological polar surface area (TPSA) is 3.24 Å². The van der Waals surface area contributed by atoms with Gasteiger partial charge < -0.3 is 4.90 Å². The average molecular weight is 680 g/mol. The number of hydrogen-bond donors (Lipinski definition) is 0. The summed E-state index contributed by atoms with van der Waals surface area (Å²) >= 11 is 0. The van der Waals surface area contributed by atoms with Gasteiger partial charge in [0.2, 0.25) is 0 Å². The zero-order chi connectivity index (χ0) is 35.9. The third-order valence-corrected chi connectivity index (χ3v) is 12.1. The fourth-order valence-electron chi connectivity index (χ4n) is 9.32. The Hall–Kier alpha value is -6.18. The molecular formula is C52H41N. The molecule has 8 aromatic carbocycles. The summed E-state index contributed by atoms with van der Waals surface area (Å²) in [5.74, 6) is 0. The van der Waals surface area contributed by atoms with Gasteiger partial charge in [-0.25, -0.2) is 0 Å². The Morgan fingerprint density at radius 3 is 1.64 bits per heavy atom. The predicted octanol–water partition coefficient (Wildman–Crippen LogP) is 14.3. The number of rotatable bonds is 5. The molecule has 0 aromatic heterocycles. The highest BCUT2D eigenvalue weighted by Crippen LogP contribution is 2.53. The zero-order valence-electron chi connectivity index (χ0n) is 30.7. The van der Waals surface area contributed by atoms with Gasteiger partial charge in [-0.1, -0.05) is 167 Å². The summed E-state index contributed by atoms with van der Waals surface area (Å²) < 4.78 is 0. The normalized spacial score (nSPS) is 14.3. The van der Waals surface area contributed by atoms with Crippen molar-refractivity contribution < 1.29 is 0 Å². The van der Waals surface area contributed by atoms with Gasteiger partial charge in [0.1, 0.15) is 0 Å². The molecule has 0 unspecified atom stereocenters. The fourth-order valence-corrected chi connectivity index (χ4v) is 9.32. The van der Waals surface area contributed by atoms with Crippen LogP contribution >= 0.6 is 0 Å². The molecule has 0 amide bonds. The van der Waals surface area contributed by atoms with E-state index in [1.807, 2.05) is 0 Å². The maximum atomic E-state index is 2.49. The lowest BCUT2D eigenvalue weighted by atomic mass is 9.81. The van der Waals surface area contributed by atoms with Crippen molar-refractivity contribution in [2.24, 2.45) is 0 Å². The summed E-state index contributed by atoms with van der Waals surface area (Å²) in [5.41, 5.74) is 19.0. The highest BCUT2D eigenvalue weighted by molar-refractivity contribution is 6.05. The lowest BCUT2D eigenvalue weighted by Gasteiger charge is -2.31. The van der Waals surface area contributed by atoms with E-state index in [2.05, 4.69) is 209 Å². The molecule has 2 aliphatic carbocycles. The van der Waals surface area contributed by atoms with Crippen LogP contribution in [-0.4, -0.2) is 0 Å². The number of hydrogen-bond acceptors (Lipinski definition) is 1. The number of fused-ring (bicyclic) bond motifs is 7. The number of benzene rings is 8. The Bertz CT molecular complexity index is 2730. The Kier molecular flexibility index (Phi) is 6.94. The molecule has 0 aliphatic heterocycles. The molecule has 0 radical (unpaired) electrons. The Morgan fingerprint density at radius 2 is 0.906 bits per heavy atom. The standard InChI is InChI=1S/C52H41N/c1-51(2)45-23-12-10-21-41(45)43-28-25-37(32-47(43)51)36-18-14-19-38(31-36)53(39-27-29-44-42-22-11-13-24-46(42)52(3,4)48(44)33-39)49-30-26-34-15-8-9-20-40(34)50(49)35-16-6-5-7-17-35/h5-33H,1-4H3. The van der Waals surface area contributed by atoms with Crippen molar-refractivity contribution >= 4 is 27.8 Å². The van der Waals surface area contributed by atoms with Crippen molar-refractivity contribution in [2.75, 3.05) is 4.90 Å². The maximum Gasteiger partial charge on any atom is 0.0546 e. The van der Waals surface area contributed by atoms with E-state index >= 15 is 0 Å². The highest BCUT2D eigenvalue weighted by Gasteiger charge is 2.37. The van der Waals surface area contributed by atoms with Crippen LogP contribution in [0.3, 0.4) is 0 Å². The minimum atomic E-state index is -0.115. The molecule has 0 fully saturated rings. The third-order valence-electron chi connectivity index (χ3n) is 12.1. The number of anilines is 3. The van der Waals surface area contributed by atoms with E-state index in [-0.39, 0.29) is 10.8 Å². The molecule has 0 spiro atoms. The summed E-state index contributed by atoms with van der Waals surface area (Å²) in [6.07, 6.45) is 0. The van der Waals surface area contributed by atoms with Gasteiger partial charge in [-0.2, -0.15) is 0 Å². The fraction of sp³-hybridized carbons (Fsp3) is 0.115. The van der Waals surface area contributed by atoms with Crippen LogP contribution < -0.4 is 4.90 Å². The van der Waals surface area contributed by atoms with Gasteiger partial charge in [0.25, 0.3) is 0 Å². The molecule has 0 atom stereocenters. The SMILES string of the molecule is CC1(C)c2ccccc2-c2ccc(-c3cccc(N(c4ccc5c(c4)C(C)(C)c4ccccc4-5)c4ccc5ccccc5c4-c4ccccc4)c3)cc21. The van der Waals surface area contributed by atoms with E-state index in [1.165, 1.54) is 77.5 Å². The minimum Gasteiger partial charge on any atom is -0.310 e. The molecule has 0 N–H and O–H groups in total. The molecule has 254 valence electrons. The Balaban J connectivity index is 1.19. The van der Waals surface area contributed by atoms with Crippen LogP contribution in [0.5, 0.6) is 0 Å². The monoisotopic (exact) mass is 679 g/mol. The first kappa shape index (κ1) is 31.5. The van der Waals surface area contributed by atoms with Gasteiger partial charge in [0, 0.05) is 27.8 Å². The molecule has 2 aliphatic rings. The van der Waals surface area contributed by atoms with E-state index in [9.17, 15) is 0 Å². The van der Waals surface area contributed by atoms with Gasteiger partial charge in [-0.3, -0.25) is 0 Å². The van der Waals surface area contributed by atoms with Crippen molar-refractivity contribution in [1.82, 2.24) is 0 Å². The molecule has 1 nitrogen and oxygen atoms in total. The lowest BCUT2D eigenvalue weighted by Crippen LogP contribution is -2.17. The molecule has 0 saturated heterocycles. The van der Waals surface area contributed by atoms with Crippen LogP contribution in [0.2, 0.25) is 0 Å². The van der Waals surface area contributed by atoms with E-state index in [4.69, 9.17) is 0 Å². The molecule has 0 saturated carbocycles. The summed E-state index contributed by atoms with van der Waals surface area (Å²) in [7, 11) is 0. The lowest BCUT2D eigenvalue weighted by molar-refractivity contribution is 0.660. The summed E-state index contributed by atoms with van der Waals surface area (Å²) in [4.78, 5) is 2.49. The first-order valence-corrected chi connectivity index (χ1v) is 18.8. The van der Waals surface area contributed by atoms with E-state index < -0.39 is 0 Å². The van der Waals surface area contributed by atoms with E-state index in [0.717, 1.165) is 17.1 Å². The molecule has 53 heavy (non-hydrogen) atoms. The van der Waals surface area contributed by atoms with Crippen LogP contribution in [0, 0.1) is 0 Å². The first-order valence-electron chi connectivity index (χ1n) is 18.8. The van der Waals surface area contributed by atoms with Gasteiger partial charge in [0.15, 0.2) is 0 Å². The molecule has 8 aromatic rings. The Morgan fingerprint density at radius 1 is 0.358 bits per heavy atom. The van der Waals surface area contributed by atoms with Gasteiger partial charge >= 0.3 is 0 Å². The second kappa shape index (κ2) is 11.7. The van der Waals surface area contributed by atoms with Crippen LogP contribution in [-0.2, 0) is 10.8 Å². The quantitative estimate of drug-likeness (QED) is 0.175. The molecule has 1 heteroatoms. The Labute approximate surface area is 312 Å². The average Bonchev–Trinajstić information content (AvgIpc) is 3.57. The largest absolute Gasteiger partial charge is 0.310 e. The van der Waals surface area contributed by atoms with Crippen molar-refractivity contribution in [3.05, 3.63) is 198 Å². The van der Waals surface area contributed by atoms with Crippen molar-refractivity contribution in [2.45, 2.75) is 38.5 Å². The second-order valence-corrected chi connectivity index (χ2v) is 15.8. The van der Waals surface area contributed by atoms with E-state index in [0.29, 0.717) is 0 Å². The third kappa shape index (κ3) is 4.77. The van der Waals surface area contributed by atoms with Crippen LogP contribution in [0.4, 0.5) is 17.1 Å². The molecule has 10 rings (SSSR count). The number of nitrogens with zero attached hydrogens (tertiary/aromatic N) is 1. The summed E-state index contributed by atoms with van der Waals surface area (Å²) in [5, 5.41) is 2.47. The maximum absolute atomic E-state index is 2.49. The van der Waals surface area contributed by atoms with Crippen molar-refractivity contribution in [1.29, 1.82) is 0 Å². The van der Waals surface area contributed by atoms with Crippen LogP contribution in [0.25, 0.3) is 55.3 Å². The van der Waals surface area contributed by atoms with Gasteiger partial charge in [-0.15, -0.1) is 0 Å². The molecule has 0 bridgehead atoms. The summed E-state index contributed by atoms with van der Waals surface area (Å²) in [6.45, 7) is 9.45. The van der Waals surface area contributed by atoms with Crippen molar-refractivity contribution in [3.63, 3.8) is 0 Å².